The van der Waals surface area contributed by atoms with Crippen molar-refractivity contribution in [3.63, 3.8) is 0 Å². The maximum atomic E-state index is 2.29. The molecule has 0 aliphatic rings. The van der Waals surface area contributed by atoms with Crippen LogP contribution in [0.15, 0.2) is 23.3 Å². The second kappa shape index (κ2) is 5.05. The summed E-state index contributed by atoms with van der Waals surface area (Å²) in [7, 11) is 0. The third-order valence-corrected chi connectivity index (χ3v) is 2.36. The van der Waals surface area contributed by atoms with Crippen molar-refractivity contribution in [3.05, 3.63) is 23.3 Å². The van der Waals surface area contributed by atoms with E-state index in [0.29, 0.717) is 0 Å². The molecule has 13 heavy (non-hydrogen) atoms. The average molecular weight is 348 g/mol. The van der Waals surface area contributed by atoms with E-state index in [0.717, 1.165) is 0 Å². The van der Waals surface area contributed by atoms with Crippen molar-refractivity contribution in [2.75, 3.05) is 0 Å². The molecule has 0 radical (unpaired) electrons. The molecule has 0 nitrogen and oxygen atoms in total. The fourth-order valence-electron chi connectivity index (χ4n) is 1.63. The van der Waals surface area contributed by atoms with Crippen molar-refractivity contribution in [2.24, 2.45) is 5.41 Å². The van der Waals surface area contributed by atoms with E-state index in [2.05, 4.69) is 53.7 Å². The van der Waals surface area contributed by atoms with Crippen molar-refractivity contribution in [2.45, 2.75) is 41.5 Å². The average Bonchev–Trinajstić information content (AvgIpc) is 1.82. The molecule has 0 amide bonds. The van der Waals surface area contributed by atoms with Crippen LogP contribution in [0.2, 0.25) is 0 Å². The van der Waals surface area contributed by atoms with E-state index in [1.54, 1.807) is 19.4 Å². The van der Waals surface area contributed by atoms with Crippen LogP contribution in [0.3, 0.4) is 0 Å². The summed E-state index contributed by atoms with van der Waals surface area (Å²) in [5.41, 5.74) is 3.12. The topological polar surface area (TPSA) is 0 Å². The fourth-order valence-corrected chi connectivity index (χ4v) is 2.27. The molecule has 0 fully saturated rings. The third kappa shape index (κ3) is 4.72. The molecular weight excluding hydrogens is 328 g/mol. The molecule has 0 aromatic heterocycles. The predicted molar refractivity (Wildman–Crippen MR) is 57.7 cm³/mol. The molecule has 0 bridgehead atoms. The van der Waals surface area contributed by atoms with Gasteiger partial charge in [0, 0.05) is 0 Å². The van der Waals surface area contributed by atoms with E-state index in [9.17, 15) is 0 Å². The van der Waals surface area contributed by atoms with Crippen molar-refractivity contribution in [3.8, 4) is 0 Å². The molecule has 0 spiro atoms. The summed E-state index contributed by atoms with van der Waals surface area (Å²) in [6.07, 6.45) is 4.51. The van der Waals surface area contributed by atoms with Crippen LogP contribution in [0.25, 0.3) is 0 Å². The molecule has 1 heteroatoms. The summed E-state index contributed by atoms with van der Waals surface area (Å²) in [5, 5.41) is 0. The van der Waals surface area contributed by atoms with Crippen LogP contribution in [0.1, 0.15) is 41.5 Å². The van der Waals surface area contributed by atoms with E-state index in [4.69, 9.17) is 0 Å². The van der Waals surface area contributed by atoms with Gasteiger partial charge in [0.1, 0.15) is 0 Å². The van der Waals surface area contributed by atoms with Gasteiger partial charge in [0.15, 0.2) is 0 Å². The van der Waals surface area contributed by atoms with E-state index < -0.39 is 0 Å². The summed E-state index contributed by atoms with van der Waals surface area (Å²) >= 11 is 1.55. The zero-order valence-electron chi connectivity index (χ0n) is 9.56. The van der Waals surface area contributed by atoms with E-state index in [1.165, 1.54) is 15.0 Å². The second-order valence-electron chi connectivity index (χ2n) is 4.39. The van der Waals surface area contributed by atoms with Crippen molar-refractivity contribution < 1.29 is 19.4 Å². The van der Waals surface area contributed by atoms with Gasteiger partial charge in [-0.15, -0.1) is 0 Å². The Morgan fingerprint density at radius 2 is 1.62 bits per heavy atom. The predicted octanol–water partition coefficient (Wildman–Crippen LogP) is 3.66. The number of allylic oxidation sites excluding steroid dienone is 4. The van der Waals surface area contributed by atoms with Gasteiger partial charge in [0.05, 0.1) is 0 Å². The van der Waals surface area contributed by atoms with Crippen LogP contribution in [0, 0.1) is 5.41 Å². The van der Waals surface area contributed by atoms with Crippen LogP contribution >= 0.6 is 0 Å². The van der Waals surface area contributed by atoms with Gasteiger partial charge in [0.25, 0.3) is 0 Å². The molecule has 0 unspecified atom stereocenters. The molecule has 0 aromatic carbocycles. The minimum atomic E-state index is 0.264. The van der Waals surface area contributed by atoms with E-state index in [-0.39, 0.29) is 5.41 Å². The first-order chi connectivity index (χ1) is 5.79. The summed E-state index contributed by atoms with van der Waals surface area (Å²) in [5.74, 6) is 0. The Morgan fingerprint density at radius 1 is 1.15 bits per heavy atom. The first kappa shape index (κ1) is 13.0. The Hall–Kier alpha value is 0.0383. The summed E-state index contributed by atoms with van der Waals surface area (Å²) in [4.78, 5) is 0. The summed E-state index contributed by atoms with van der Waals surface area (Å²) in [6, 6.07) is 0. The number of hydrogen-bond donors (Lipinski definition) is 0. The molecule has 0 saturated carbocycles. The Balaban J connectivity index is 4.94. The van der Waals surface area contributed by atoms with Gasteiger partial charge in [-0.05, 0) is 0 Å². The van der Waals surface area contributed by atoms with Crippen molar-refractivity contribution in [1.82, 2.24) is 0 Å². The molecular formula is C12H20W. The maximum absolute atomic E-state index is 2.29. The number of hydrogen-bond acceptors (Lipinski definition) is 0. The third-order valence-electron chi connectivity index (χ3n) is 1.94. The normalized spacial score (nSPS) is 14.6. The zero-order chi connectivity index (χ0) is 10.6. The fraction of sp³-hybridized carbons (Fsp3) is 0.583. The molecule has 0 aliphatic carbocycles. The summed E-state index contributed by atoms with van der Waals surface area (Å²) in [6.45, 7) is 13.3. The minimum absolute atomic E-state index is 0.264. The standard InChI is InChI=1S/C12H20.W/c1-7-9-10(3)11(8-2)12(4,5)6;/h8-9H,1-6H3;. The first-order valence-corrected chi connectivity index (χ1v) is 6.11. The summed E-state index contributed by atoms with van der Waals surface area (Å²) < 4.78 is 1.45. The van der Waals surface area contributed by atoms with Crippen LogP contribution < -0.4 is 0 Å². The first-order valence-electron chi connectivity index (χ1n) is 4.65. The van der Waals surface area contributed by atoms with E-state index in [1.807, 2.05) is 0 Å². The van der Waals surface area contributed by atoms with Gasteiger partial charge in [-0.3, -0.25) is 0 Å². The molecule has 0 aliphatic heterocycles. The van der Waals surface area contributed by atoms with Crippen LogP contribution in [-0.4, -0.2) is 3.90 Å². The number of rotatable bonds is 2. The molecule has 0 heterocycles. The Labute approximate surface area is 93.5 Å². The quantitative estimate of drug-likeness (QED) is 0.668. The van der Waals surface area contributed by atoms with Crippen LogP contribution in [0.5, 0.6) is 0 Å². The molecule has 0 aromatic rings. The van der Waals surface area contributed by atoms with Gasteiger partial charge in [-0.1, -0.05) is 0 Å². The molecule has 74 valence electrons. The van der Waals surface area contributed by atoms with Crippen molar-refractivity contribution in [1.29, 1.82) is 0 Å². The molecule has 0 rings (SSSR count). The van der Waals surface area contributed by atoms with Crippen LogP contribution in [-0.2, 0) is 19.4 Å². The second-order valence-corrected chi connectivity index (χ2v) is 6.70. The molecule has 0 N–H and O–H groups in total. The van der Waals surface area contributed by atoms with Crippen molar-refractivity contribution >= 4 is 3.90 Å². The van der Waals surface area contributed by atoms with Gasteiger partial charge in [0.2, 0.25) is 0 Å². The molecule has 0 saturated heterocycles. The Kier molecular flexibility index (Phi) is 5.07. The SMILES string of the molecule is CC=C(C(C)=C[C](C)=[W])C(C)(C)C. The zero-order valence-corrected chi connectivity index (χ0v) is 12.5. The van der Waals surface area contributed by atoms with Gasteiger partial charge in [-0.2, -0.15) is 0 Å². The van der Waals surface area contributed by atoms with E-state index >= 15 is 0 Å². The van der Waals surface area contributed by atoms with Gasteiger partial charge >= 0.3 is 93.5 Å². The Bertz CT molecular complexity index is 249. The van der Waals surface area contributed by atoms with Crippen LogP contribution in [0.4, 0.5) is 0 Å². The monoisotopic (exact) mass is 348 g/mol. The molecule has 0 atom stereocenters. The van der Waals surface area contributed by atoms with Gasteiger partial charge in [-0.25, -0.2) is 0 Å². The Morgan fingerprint density at radius 3 is 1.85 bits per heavy atom. The van der Waals surface area contributed by atoms with Gasteiger partial charge < -0.3 is 0 Å².